The van der Waals surface area contributed by atoms with Gasteiger partial charge in [0.25, 0.3) is 11.9 Å². The summed E-state index contributed by atoms with van der Waals surface area (Å²) in [5.74, 6) is -0.501. The first-order chi connectivity index (χ1) is 14.2. The summed E-state index contributed by atoms with van der Waals surface area (Å²) < 4.78 is 42.6. The first kappa shape index (κ1) is 21.3. The van der Waals surface area contributed by atoms with Gasteiger partial charge in [-0.3, -0.25) is 4.79 Å². The third-order valence-electron chi connectivity index (χ3n) is 3.70. The van der Waals surface area contributed by atoms with Gasteiger partial charge < -0.3 is 15.4 Å². The fourth-order valence-electron chi connectivity index (χ4n) is 2.49. The Morgan fingerprint density at radius 2 is 1.93 bits per heavy atom. The van der Waals surface area contributed by atoms with E-state index in [0.29, 0.717) is 5.82 Å². The Hall–Kier alpha value is -3.41. The lowest BCUT2D eigenvalue weighted by Crippen LogP contribution is -2.29. The van der Waals surface area contributed by atoms with Crippen LogP contribution in [0.4, 0.5) is 19.1 Å². The minimum atomic E-state index is -4.92. The van der Waals surface area contributed by atoms with E-state index in [2.05, 4.69) is 35.4 Å². The van der Waals surface area contributed by atoms with Crippen LogP contribution in [0.25, 0.3) is 5.95 Å². The number of benzene rings is 1. The van der Waals surface area contributed by atoms with E-state index in [1.165, 1.54) is 23.1 Å². The molecule has 3 aromatic rings. The predicted octanol–water partition coefficient (Wildman–Crippen LogP) is 3.14. The van der Waals surface area contributed by atoms with Crippen LogP contribution in [0, 0.1) is 0 Å². The van der Waals surface area contributed by atoms with Crippen LogP contribution in [0.2, 0.25) is 5.02 Å². The predicted molar refractivity (Wildman–Crippen MR) is 101 cm³/mol. The van der Waals surface area contributed by atoms with Gasteiger partial charge in [0.2, 0.25) is 5.95 Å². The van der Waals surface area contributed by atoms with E-state index >= 15 is 0 Å². The number of amides is 1. The number of hydrogen-bond donors (Lipinski definition) is 2. The van der Waals surface area contributed by atoms with Gasteiger partial charge in [0.05, 0.1) is 6.04 Å². The molecule has 158 valence electrons. The second kappa shape index (κ2) is 8.53. The number of nitrogens with one attached hydrogen (secondary N) is 2. The second-order valence-corrected chi connectivity index (χ2v) is 6.36. The Labute approximate surface area is 173 Å². The van der Waals surface area contributed by atoms with E-state index in [1.54, 1.807) is 20.0 Å². The third-order valence-corrected chi connectivity index (χ3v) is 3.92. The molecule has 0 aliphatic heterocycles. The van der Waals surface area contributed by atoms with Crippen LogP contribution >= 0.6 is 11.6 Å². The van der Waals surface area contributed by atoms with Gasteiger partial charge in [-0.15, -0.1) is 18.3 Å². The van der Waals surface area contributed by atoms with Crippen molar-refractivity contribution in [1.29, 1.82) is 0 Å². The number of hydrogen-bond acceptors (Lipinski definition) is 7. The number of ether oxygens (including phenoxy) is 1. The maximum atomic E-state index is 12.6. The molecule has 0 radical (unpaired) electrons. The zero-order valence-corrected chi connectivity index (χ0v) is 16.4. The summed E-state index contributed by atoms with van der Waals surface area (Å²) in [5.41, 5.74) is -0.121. The van der Waals surface area contributed by atoms with Crippen LogP contribution in [-0.2, 0) is 0 Å². The van der Waals surface area contributed by atoms with Crippen molar-refractivity contribution < 1.29 is 22.7 Å². The molecule has 1 amide bonds. The second-order valence-electron chi connectivity index (χ2n) is 5.92. The smallest absolute Gasteiger partial charge is 0.406 e. The van der Waals surface area contributed by atoms with Crippen molar-refractivity contribution in [2.75, 3.05) is 12.4 Å². The van der Waals surface area contributed by atoms with Crippen LogP contribution in [-0.4, -0.2) is 44.0 Å². The van der Waals surface area contributed by atoms with Crippen molar-refractivity contribution in [3.05, 3.63) is 53.1 Å². The standard InChI is InChI=1S/C17H15ClF3N7O2/c1-9(13-26-15(22-2)27-28(13)16-23-4-3-5-24-16)25-14(29)10-6-11(18)8-12(7-10)30-17(19,20)21/h3-9H,1-2H3,(H,22,27)(H,25,29)/t9-/m0/s1. The van der Waals surface area contributed by atoms with E-state index in [4.69, 9.17) is 11.6 Å². The molecule has 2 aromatic heterocycles. The number of alkyl halides is 3. The van der Waals surface area contributed by atoms with E-state index in [0.717, 1.165) is 12.1 Å². The molecule has 3 rings (SSSR count). The number of nitrogens with zero attached hydrogens (tertiary/aromatic N) is 5. The Morgan fingerprint density at radius 3 is 2.57 bits per heavy atom. The molecule has 0 unspecified atom stereocenters. The highest BCUT2D eigenvalue weighted by Crippen LogP contribution is 2.27. The fraction of sp³-hybridized carbons (Fsp3) is 0.235. The molecule has 0 bridgehead atoms. The average Bonchev–Trinajstić information content (AvgIpc) is 3.11. The molecule has 0 spiro atoms. The van der Waals surface area contributed by atoms with Gasteiger partial charge in [-0.05, 0) is 31.2 Å². The molecular weight excluding hydrogens is 427 g/mol. The minimum Gasteiger partial charge on any atom is -0.406 e. The number of rotatable bonds is 6. The summed E-state index contributed by atoms with van der Waals surface area (Å²) in [5, 5.41) is 9.55. The first-order valence-corrected chi connectivity index (χ1v) is 8.83. The van der Waals surface area contributed by atoms with Gasteiger partial charge >= 0.3 is 6.36 Å². The summed E-state index contributed by atoms with van der Waals surface area (Å²) in [6.45, 7) is 1.62. The van der Waals surface area contributed by atoms with Crippen LogP contribution in [0.5, 0.6) is 5.75 Å². The Kier molecular flexibility index (Phi) is 6.06. The van der Waals surface area contributed by atoms with Gasteiger partial charge in [0, 0.05) is 30.0 Å². The van der Waals surface area contributed by atoms with Crippen LogP contribution in [0.1, 0.15) is 29.1 Å². The lowest BCUT2D eigenvalue weighted by atomic mass is 10.2. The van der Waals surface area contributed by atoms with Crippen molar-refractivity contribution in [1.82, 2.24) is 30.0 Å². The molecule has 1 atom stereocenters. The fourth-order valence-corrected chi connectivity index (χ4v) is 2.71. The summed E-state index contributed by atoms with van der Waals surface area (Å²) in [4.78, 5) is 25.1. The topological polar surface area (TPSA) is 107 Å². The molecular formula is C17H15ClF3N7O2. The largest absolute Gasteiger partial charge is 0.573 e. The van der Waals surface area contributed by atoms with Crippen LogP contribution in [0.15, 0.2) is 36.7 Å². The molecule has 2 heterocycles. The van der Waals surface area contributed by atoms with Gasteiger partial charge in [-0.25, -0.2) is 9.97 Å². The SMILES string of the molecule is CNc1nc([C@H](C)NC(=O)c2cc(Cl)cc(OC(F)(F)F)c2)n(-c2ncccn2)n1. The number of aromatic nitrogens is 5. The Bertz CT molecular complexity index is 1040. The number of anilines is 1. The van der Waals surface area contributed by atoms with Crippen LogP contribution in [0.3, 0.4) is 0 Å². The van der Waals surface area contributed by atoms with Gasteiger partial charge in [0.15, 0.2) is 5.82 Å². The van der Waals surface area contributed by atoms with Gasteiger partial charge in [-0.1, -0.05) is 11.6 Å². The zero-order valence-electron chi connectivity index (χ0n) is 15.6. The molecule has 13 heteroatoms. The Balaban J connectivity index is 1.86. The van der Waals surface area contributed by atoms with E-state index < -0.39 is 24.1 Å². The Morgan fingerprint density at radius 1 is 1.23 bits per heavy atom. The first-order valence-electron chi connectivity index (χ1n) is 8.45. The molecule has 30 heavy (non-hydrogen) atoms. The summed E-state index contributed by atoms with van der Waals surface area (Å²) in [6, 6.07) is 4.03. The highest BCUT2D eigenvalue weighted by atomic mass is 35.5. The lowest BCUT2D eigenvalue weighted by Gasteiger charge is -2.15. The number of carbonyl (C=O) groups is 1. The van der Waals surface area contributed by atoms with E-state index in [9.17, 15) is 18.0 Å². The minimum absolute atomic E-state index is 0.0899. The monoisotopic (exact) mass is 441 g/mol. The quantitative estimate of drug-likeness (QED) is 0.605. The van der Waals surface area contributed by atoms with Crippen LogP contribution < -0.4 is 15.4 Å². The van der Waals surface area contributed by atoms with Crippen molar-refractivity contribution in [2.45, 2.75) is 19.3 Å². The maximum absolute atomic E-state index is 12.6. The highest BCUT2D eigenvalue weighted by molar-refractivity contribution is 6.31. The molecule has 0 saturated carbocycles. The molecule has 0 aliphatic rings. The summed E-state index contributed by atoms with van der Waals surface area (Å²) >= 11 is 5.83. The molecule has 1 aromatic carbocycles. The molecule has 0 saturated heterocycles. The lowest BCUT2D eigenvalue weighted by molar-refractivity contribution is -0.274. The molecule has 2 N–H and O–H groups in total. The van der Waals surface area contributed by atoms with Crippen molar-refractivity contribution >= 4 is 23.5 Å². The summed E-state index contributed by atoms with van der Waals surface area (Å²) in [7, 11) is 1.62. The van der Waals surface area contributed by atoms with Gasteiger partial charge in [-0.2, -0.15) is 9.67 Å². The average molecular weight is 442 g/mol. The molecule has 0 fully saturated rings. The number of halogens is 4. The highest BCUT2D eigenvalue weighted by Gasteiger charge is 2.31. The van der Waals surface area contributed by atoms with E-state index in [1.807, 2.05) is 0 Å². The zero-order chi connectivity index (χ0) is 21.9. The maximum Gasteiger partial charge on any atom is 0.573 e. The van der Waals surface area contributed by atoms with Gasteiger partial charge in [0.1, 0.15) is 5.75 Å². The van der Waals surface area contributed by atoms with Crippen molar-refractivity contribution in [3.63, 3.8) is 0 Å². The normalized spacial score (nSPS) is 12.3. The van der Waals surface area contributed by atoms with Crippen molar-refractivity contribution in [3.8, 4) is 11.7 Å². The number of carbonyl (C=O) groups excluding carboxylic acids is 1. The molecule has 9 nitrogen and oxygen atoms in total. The third kappa shape index (κ3) is 5.14. The summed E-state index contributed by atoms with van der Waals surface area (Å²) in [6.07, 6.45) is -1.88. The van der Waals surface area contributed by atoms with Crippen molar-refractivity contribution in [2.24, 2.45) is 0 Å². The van der Waals surface area contributed by atoms with E-state index in [-0.39, 0.29) is 22.5 Å². The molecule has 0 aliphatic carbocycles.